The van der Waals surface area contributed by atoms with Crippen molar-refractivity contribution in [2.75, 3.05) is 19.1 Å². The van der Waals surface area contributed by atoms with E-state index in [-0.39, 0.29) is 16.5 Å². The normalized spacial score (nSPS) is 20.9. The molecule has 0 radical (unpaired) electrons. The Labute approximate surface area is 143 Å². The number of thiazole rings is 1. The monoisotopic (exact) mass is 350 g/mol. The number of carbonyl (C=O) groups excluding carboxylic acids is 1. The zero-order valence-electron chi connectivity index (χ0n) is 13.4. The van der Waals surface area contributed by atoms with Crippen LogP contribution < -0.4 is 14.4 Å². The standard InChI is InChI=1S/C16H18N2O3S2/c1-9-8-17-16(22-9)18-14(19)10(2)23-15(18)11-5-6-12(20-3)13(7-11)21-4/h5-8,10,15H,1-4H3/t10-,15+/m1/s1. The van der Waals surface area contributed by atoms with Crippen molar-refractivity contribution in [2.24, 2.45) is 0 Å². The maximum Gasteiger partial charge on any atom is 0.242 e. The van der Waals surface area contributed by atoms with E-state index in [1.807, 2.05) is 32.0 Å². The summed E-state index contributed by atoms with van der Waals surface area (Å²) in [5.74, 6) is 1.42. The van der Waals surface area contributed by atoms with Gasteiger partial charge in [-0.2, -0.15) is 0 Å². The number of amides is 1. The topological polar surface area (TPSA) is 51.7 Å². The van der Waals surface area contributed by atoms with E-state index in [0.717, 1.165) is 15.6 Å². The van der Waals surface area contributed by atoms with Crippen LogP contribution >= 0.6 is 23.1 Å². The number of aromatic nitrogens is 1. The first-order chi connectivity index (χ1) is 11.0. The molecule has 1 aliphatic heterocycles. The molecule has 7 heteroatoms. The minimum absolute atomic E-state index is 0.0872. The minimum atomic E-state index is -0.108. The van der Waals surface area contributed by atoms with Gasteiger partial charge in [0.2, 0.25) is 5.91 Å². The molecule has 2 atom stereocenters. The summed E-state index contributed by atoms with van der Waals surface area (Å²) < 4.78 is 10.7. The van der Waals surface area contributed by atoms with Crippen molar-refractivity contribution < 1.29 is 14.3 Å². The van der Waals surface area contributed by atoms with E-state index in [1.54, 1.807) is 37.1 Å². The van der Waals surface area contributed by atoms with E-state index in [9.17, 15) is 4.79 Å². The summed E-state index contributed by atoms with van der Waals surface area (Å²) in [6.45, 7) is 3.92. The van der Waals surface area contributed by atoms with Gasteiger partial charge in [0.15, 0.2) is 16.6 Å². The average molecular weight is 350 g/mol. The first kappa shape index (κ1) is 16.1. The van der Waals surface area contributed by atoms with E-state index < -0.39 is 0 Å². The van der Waals surface area contributed by atoms with Crippen LogP contribution in [0.25, 0.3) is 0 Å². The summed E-state index contributed by atoms with van der Waals surface area (Å²) in [5, 5.41) is 0.532. The zero-order chi connectivity index (χ0) is 16.6. The second-order valence-corrected chi connectivity index (χ2v) is 7.85. The summed E-state index contributed by atoms with van der Waals surface area (Å²) in [5.41, 5.74) is 0.998. The van der Waals surface area contributed by atoms with Gasteiger partial charge in [-0.1, -0.05) is 6.07 Å². The lowest BCUT2D eigenvalue weighted by molar-refractivity contribution is -0.117. The Hall–Kier alpha value is -1.73. The highest BCUT2D eigenvalue weighted by atomic mass is 32.2. The molecule has 1 saturated heterocycles. The van der Waals surface area contributed by atoms with Gasteiger partial charge in [-0.05, 0) is 31.5 Å². The number of methoxy groups -OCH3 is 2. The van der Waals surface area contributed by atoms with Gasteiger partial charge in [0.05, 0.1) is 19.5 Å². The number of nitrogens with zero attached hydrogens (tertiary/aromatic N) is 2. The molecule has 2 heterocycles. The number of anilines is 1. The highest BCUT2D eigenvalue weighted by molar-refractivity contribution is 8.01. The number of ether oxygens (including phenoxy) is 2. The van der Waals surface area contributed by atoms with Crippen molar-refractivity contribution in [3.05, 3.63) is 34.8 Å². The fourth-order valence-electron chi connectivity index (χ4n) is 2.51. The van der Waals surface area contributed by atoms with Gasteiger partial charge >= 0.3 is 0 Å². The van der Waals surface area contributed by atoms with Gasteiger partial charge in [0.1, 0.15) is 5.37 Å². The van der Waals surface area contributed by atoms with Crippen LogP contribution in [0.4, 0.5) is 5.13 Å². The molecule has 0 unspecified atom stereocenters. The Kier molecular flexibility index (Phi) is 4.50. The van der Waals surface area contributed by atoms with Gasteiger partial charge in [0.25, 0.3) is 0 Å². The van der Waals surface area contributed by atoms with E-state index in [4.69, 9.17) is 9.47 Å². The summed E-state index contributed by atoms with van der Waals surface area (Å²) in [6.07, 6.45) is 1.80. The maximum absolute atomic E-state index is 12.6. The Bertz CT molecular complexity index is 732. The first-order valence-electron chi connectivity index (χ1n) is 7.18. The highest BCUT2D eigenvalue weighted by Crippen LogP contribution is 2.47. The number of aryl methyl sites for hydroxylation is 1. The second kappa shape index (κ2) is 6.41. The maximum atomic E-state index is 12.6. The lowest BCUT2D eigenvalue weighted by Crippen LogP contribution is -2.29. The molecule has 23 heavy (non-hydrogen) atoms. The Morgan fingerprint density at radius 2 is 1.96 bits per heavy atom. The van der Waals surface area contributed by atoms with Crippen LogP contribution in [0.3, 0.4) is 0 Å². The molecule has 1 aromatic heterocycles. The lowest BCUT2D eigenvalue weighted by Gasteiger charge is -2.22. The number of hydrogen-bond donors (Lipinski definition) is 0. The van der Waals surface area contributed by atoms with Gasteiger partial charge < -0.3 is 9.47 Å². The number of thioether (sulfide) groups is 1. The molecule has 1 aliphatic rings. The van der Waals surface area contributed by atoms with Crippen molar-refractivity contribution in [3.8, 4) is 11.5 Å². The summed E-state index contributed by atoms with van der Waals surface area (Å²) in [6, 6.07) is 5.76. The number of hydrogen-bond acceptors (Lipinski definition) is 6. The second-order valence-electron chi connectivity index (χ2n) is 5.21. The third-order valence-electron chi connectivity index (χ3n) is 3.66. The van der Waals surface area contributed by atoms with Crippen LogP contribution in [0, 0.1) is 6.92 Å². The van der Waals surface area contributed by atoms with Gasteiger partial charge in [-0.15, -0.1) is 23.1 Å². The highest BCUT2D eigenvalue weighted by Gasteiger charge is 2.41. The van der Waals surface area contributed by atoms with Gasteiger partial charge in [-0.3, -0.25) is 9.69 Å². The van der Waals surface area contributed by atoms with Crippen LogP contribution in [0.15, 0.2) is 24.4 Å². The smallest absolute Gasteiger partial charge is 0.242 e. The van der Waals surface area contributed by atoms with E-state index >= 15 is 0 Å². The third-order valence-corrected chi connectivity index (χ3v) is 5.92. The van der Waals surface area contributed by atoms with Gasteiger partial charge in [0, 0.05) is 11.1 Å². The van der Waals surface area contributed by atoms with Crippen LogP contribution in [0.1, 0.15) is 22.7 Å². The van der Waals surface area contributed by atoms with Crippen LogP contribution in [0.2, 0.25) is 0 Å². The van der Waals surface area contributed by atoms with Crippen LogP contribution in [-0.2, 0) is 4.79 Å². The molecular weight excluding hydrogens is 332 g/mol. The SMILES string of the molecule is COc1ccc([C@@H]2S[C@H](C)C(=O)N2c2ncc(C)s2)cc1OC. The van der Waals surface area contributed by atoms with Gasteiger partial charge in [-0.25, -0.2) is 4.98 Å². The van der Waals surface area contributed by atoms with E-state index in [0.29, 0.717) is 11.5 Å². The molecule has 0 spiro atoms. The number of benzene rings is 1. The van der Waals surface area contributed by atoms with Crippen LogP contribution in [0.5, 0.6) is 11.5 Å². The molecule has 3 rings (SSSR count). The van der Waals surface area contributed by atoms with Crippen molar-refractivity contribution in [3.63, 3.8) is 0 Å². The summed E-state index contributed by atoms with van der Waals surface area (Å²) in [4.78, 5) is 19.9. The molecule has 0 N–H and O–H groups in total. The number of rotatable bonds is 4. The largest absolute Gasteiger partial charge is 0.493 e. The fraction of sp³-hybridized carbons (Fsp3) is 0.375. The molecule has 122 valence electrons. The molecule has 1 amide bonds. The zero-order valence-corrected chi connectivity index (χ0v) is 15.0. The quantitative estimate of drug-likeness (QED) is 0.843. The predicted molar refractivity (Wildman–Crippen MR) is 93.7 cm³/mol. The molecular formula is C16H18N2O3S2. The summed E-state index contributed by atoms with van der Waals surface area (Å²) >= 11 is 3.15. The fourth-order valence-corrected chi connectivity index (χ4v) is 4.61. The molecule has 5 nitrogen and oxygen atoms in total. The van der Waals surface area contributed by atoms with Crippen molar-refractivity contribution >= 4 is 34.1 Å². The lowest BCUT2D eigenvalue weighted by atomic mass is 10.2. The molecule has 1 fully saturated rings. The number of carbonyl (C=O) groups is 1. The minimum Gasteiger partial charge on any atom is -0.493 e. The molecule has 0 aliphatic carbocycles. The average Bonchev–Trinajstić information content (AvgIpc) is 3.10. The molecule has 0 bridgehead atoms. The molecule has 2 aromatic rings. The third kappa shape index (κ3) is 2.90. The van der Waals surface area contributed by atoms with Crippen molar-refractivity contribution in [2.45, 2.75) is 24.5 Å². The first-order valence-corrected chi connectivity index (χ1v) is 8.94. The Morgan fingerprint density at radius 1 is 1.22 bits per heavy atom. The van der Waals surface area contributed by atoms with Crippen molar-refractivity contribution in [1.29, 1.82) is 0 Å². The van der Waals surface area contributed by atoms with E-state index in [1.165, 1.54) is 11.3 Å². The summed E-state index contributed by atoms with van der Waals surface area (Å²) in [7, 11) is 3.22. The molecule has 1 aromatic carbocycles. The Morgan fingerprint density at radius 3 is 2.57 bits per heavy atom. The Balaban J connectivity index is 2.01. The van der Waals surface area contributed by atoms with E-state index in [2.05, 4.69) is 4.98 Å². The molecule has 0 saturated carbocycles. The van der Waals surface area contributed by atoms with Crippen LogP contribution in [-0.4, -0.2) is 30.4 Å². The van der Waals surface area contributed by atoms with Crippen molar-refractivity contribution in [1.82, 2.24) is 4.98 Å². The predicted octanol–water partition coefficient (Wildman–Crippen LogP) is 3.64.